The Labute approximate surface area is 290 Å². The van der Waals surface area contributed by atoms with Crippen LogP contribution in [-0.4, -0.2) is 109 Å². The Morgan fingerprint density at radius 3 is 2.21 bits per heavy atom. The van der Waals surface area contributed by atoms with Crippen molar-refractivity contribution in [1.82, 2.24) is 25.0 Å². The molecule has 2 bridgehead atoms. The first-order valence-corrected chi connectivity index (χ1v) is 18.0. The summed E-state index contributed by atoms with van der Waals surface area (Å²) < 4.78 is 10.8. The van der Waals surface area contributed by atoms with Crippen LogP contribution in [0.4, 0.5) is 0 Å². The molecule has 6 atom stereocenters. The van der Waals surface area contributed by atoms with E-state index in [0.717, 1.165) is 30.9 Å². The minimum atomic E-state index is -1.55. The van der Waals surface area contributed by atoms with E-state index in [4.69, 9.17) is 32.7 Å². The van der Waals surface area contributed by atoms with Crippen LogP contribution < -0.4 is 5.32 Å². The molecule has 3 saturated heterocycles. The van der Waals surface area contributed by atoms with Gasteiger partial charge in [0.2, 0.25) is 0 Å². The summed E-state index contributed by atoms with van der Waals surface area (Å²) in [5, 5.41) is 6.84. The first-order valence-electron chi connectivity index (χ1n) is 16.3. The topological polar surface area (TPSA) is 104 Å². The molecule has 0 aliphatic carbocycles. The number of halogens is 2. The van der Waals surface area contributed by atoms with Gasteiger partial charge >= 0.3 is 11.9 Å². The van der Waals surface area contributed by atoms with Gasteiger partial charge in [0.25, 0.3) is 0 Å². The molecule has 13 heteroatoms. The molecule has 0 spiro atoms. The highest BCUT2D eigenvalue weighted by Gasteiger charge is 2.61. The van der Waals surface area contributed by atoms with E-state index in [1.54, 1.807) is 24.4 Å². The number of carbonyl (C=O) groups is 3. The molecular weight excluding hydrogens is 661 g/mol. The summed E-state index contributed by atoms with van der Waals surface area (Å²) in [5.41, 5.74) is -0.469. The van der Waals surface area contributed by atoms with E-state index in [1.807, 2.05) is 5.38 Å². The van der Waals surface area contributed by atoms with Crippen molar-refractivity contribution < 1.29 is 23.9 Å². The van der Waals surface area contributed by atoms with Gasteiger partial charge in [-0.1, -0.05) is 29.3 Å². The van der Waals surface area contributed by atoms with Crippen molar-refractivity contribution in [3.8, 4) is 0 Å². The highest BCUT2D eigenvalue weighted by molar-refractivity contribution is 7.09. The molecular formula is C34H43Cl2N5O5S. The number of nitrogens with zero attached hydrogens (tertiary/aromatic N) is 4. The Balaban J connectivity index is 1.44. The van der Waals surface area contributed by atoms with Gasteiger partial charge in [-0.05, 0) is 63.8 Å². The van der Waals surface area contributed by atoms with Crippen molar-refractivity contribution >= 4 is 52.3 Å². The van der Waals surface area contributed by atoms with Crippen LogP contribution in [0.3, 0.4) is 0 Å². The van der Waals surface area contributed by atoms with Crippen molar-refractivity contribution in [3.05, 3.63) is 61.7 Å². The summed E-state index contributed by atoms with van der Waals surface area (Å²) in [7, 11) is 4.84. The van der Waals surface area contributed by atoms with Crippen molar-refractivity contribution in [2.75, 3.05) is 47.4 Å². The number of benzene rings is 1. The molecule has 0 saturated carbocycles. The van der Waals surface area contributed by atoms with E-state index < -0.39 is 29.4 Å². The van der Waals surface area contributed by atoms with Gasteiger partial charge in [-0.3, -0.25) is 19.4 Å². The number of hydrogen-bond donors (Lipinski definition) is 1. The Morgan fingerprint density at radius 2 is 1.66 bits per heavy atom. The van der Waals surface area contributed by atoms with Gasteiger partial charge in [0.15, 0.2) is 11.4 Å². The maximum absolute atomic E-state index is 14.3. The average molecular weight is 705 g/mol. The Morgan fingerprint density at radius 1 is 1.00 bits per heavy atom. The zero-order valence-electron chi connectivity index (χ0n) is 27.3. The fourth-order valence-corrected chi connectivity index (χ4v) is 9.87. The van der Waals surface area contributed by atoms with Gasteiger partial charge in [0.1, 0.15) is 5.92 Å². The SMILES string of the molecule is COC(=O)C1=C(CCc2nccs2)NC(C(C)=O)(N2CCN([C@@H]3C[C@H]4CC[C@@H](C3)N4C)CC2)C(C(=O)OC)C1c1c(Cl)cccc1Cl. The first kappa shape index (κ1) is 34.3. The van der Waals surface area contributed by atoms with Crippen LogP contribution in [0.15, 0.2) is 41.0 Å². The molecule has 4 aliphatic rings. The number of piperidine rings is 1. The third-order valence-corrected chi connectivity index (χ3v) is 12.4. The number of methoxy groups -OCH3 is 2. The maximum atomic E-state index is 14.3. The standard InChI is InChI=1S/C34H43Cl2N5O5S/c1-20(42)34(41-15-13-40(14-16-41)23-18-21-8-9-22(19-23)39(21)2)31(33(44)46-4)30(28-24(35)6-5-7-25(28)36)29(32(43)45-3)26(38-34)10-11-27-37-12-17-47-27/h5-7,12,17,21-23,30-31,38H,8-11,13-16,18-19H2,1-4H3/t21-,22+,23-,30?,31?,34?. The summed E-state index contributed by atoms with van der Waals surface area (Å²) in [6.45, 7) is 4.07. The summed E-state index contributed by atoms with van der Waals surface area (Å²) in [6, 6.07) is 6.78. The second-order valence-corrected chi connectivity index (χ2v) is 14.9. The van der Waals surface area contributed by atoms with Gasteiger partial charge in [-0.25, -0.2) is 9.78 Å². The minimum absolute atomic E-state index is 0.201. The molecule has 4 aliphatic heterocycles. The van der Waals surface area contributed by atoms with Crippen LogP contribution >= 0.6 is 34.5 Å². The Bertz CT molecular complexity index is 1500. The number of aromatic nitrogens is 1. The number of allylic oxidation sites excluding steroid dienone is 1. The predicted molar refractivity (Wildman–Crippen MR) is 181 cm³/mol. The van der Waals surface area contributed by atoms with E-state index >= 15 is 0 Å². The normalized spacial score (nSPS) is 30.2. The number of esters is 2. The van der Waals surface area contributed by atoms with Gasteiger partial charge in [0.05, 0.1) is 24.8 Å². The quantitative estimate of drug-likeness (QED) is 0.375. The monoisotopic (exact) mass is 703 g/mol. The Kier molecular flexibility index (Phi) is 10.3. The van der Waals surface area contributed by atoms with Gasteiger partial charge in [-0.2, -0.15) is 0 Å². The third-order valence-electron chi connectivity index (χ3n) is 10.9. The lowest BCUT2D eigenvalue weighted by Gasteiger charge is -2.55. The number of ether oxygens (including phenoxy) is 2. The van der Waals surface area contributed by atoms with Crippen LogP contribution in [0.2, 0.25) is 10.0 Å². The zero-order chi connectivity index (χ0) is 33.5. The van der Waals surface area contributed by atoms with E-state index in [-0.39, 0.29) is 21.4 Å². The number of fused-ring (bicyclic) bond motifs is 2. The van der Waals surface area contributed by atoms with Gasteiger partial charge in [-0.15, -0.1) is 11.3 Å². The summed E-state index contributed by atoms with van der Waals surface area (Å²) in [4.78, 5) is 53.8. The number of nitrogens with one attached hydrogen (secondary N) is 1. The van der Waals surface area contributed by atoms with Crippen LogP contribution in [0, 0.1) is 5.92 Å². The van der Waals surface area contributed by atoms with Gasteiger partial charge < -0.3 is 19.7 Å². The van der Waals surface area contributed by atoms with Crippen molar-refractivity contribution in [1.29, 1.82) is 0 Å². The van der Waals surface area contributed by atoms with Crippen LogP contribution in [0.5, 0.6) is 0 Å². The molecule has 47 heavy (non-hydrogen) atoms. The lowest BCUT2D eigenvalue weighted by Crippen LogP contribution is -2.74. The number of rotatable bonds is 9. The molecule has 2 aromatic rings. The fraction of sp³-hybridized carbons (Fsp3) is 0.588. The summed E-state index contributed by atoms with van der Waals surface area (Å²) in [5.74, 6) is -3.78. The molecule has 3 unspecified atom stereocenters. The van der Waals surface area contributed by atoms with Crippen molar-refractivity contribution in [2.45, 2.75) is 75.2 Å². The number of aryl methyl sites for hydroxylation is 1. The Hall–Kier alpha value is -2.54. The van der Waals surface area contributed by atoms with Crippen molar-refractivity contribution in [3.63, 3.8) is 0 Å². The van der Waals surface area contributed by atoms with E-state index in [9.17, 15) is 14.4 Å². The molecule has 6 rings (SSSR count). The number of hydrogen-bond acceptors (Lipinski definition) is 11. The number of Topliss-reactive ketones (excluding diaryl/α,β-unsaturated/α-hetero) is 1. The smallest absolute Gasteiger partial charge is 0.336 e. The number of carbonyl (C=O) groups excluding carboxylic acids is 3. The zero-order valence-corrected chi connectivity index (χ0v) is 29.7. The van der Waals surface area contributed by atoms with E-state index in [1.165, 1.54) is 45.3 Å². The second-order valence-electron chi connectivity index (χ2n) is 13.1. The number of ketones is 1. The third kappa shape index (κ3) is 6.24. The molecule has 0 radical (unpaired) electrons. The summed E-state index contributed by atoms with van der Waals surface area (Å²) in [6.07, 6.45) is 7.38. The fourth-order valence-electron chi connectivity index (χ4n) is 8.61. The second kappa shape index (κ2) is 14.1. The lowest BCUT2D eigenvalue weighted by molar-refractivity contribution is -0.164. The number of piperazine rings is 1. The largest absolute Gasteiger partial charge is 0.469 e. The predicted octanol–water partition coefficient (Wildman–Crippen LogP) is 4.51. The minimum Gasteiger partial charge on any atom is -0.469 e. The van der Waals surface area contributed by atoms with Gasteiger partial charge in [0, 0.05) is 84.0 Å². The highest BCUT2D eigenvalue weighted by atomic mass is 35.5. The average Bonchev–Trinajstić information content (AvgIpc) is 3.65. The van der Waals surface area contributed by atoms with Crippen LogP contribution in [0.25, 0.3) is 0 Å². The van der Waals surface area contributed by atoms with Crippen LogP contribution in [-0.2, 0) is 30.3 Å². The molecule has 10 nitrogen and oxygen atoms in total. The first-order chi connectivity index (χ1) is 22.6. The molecule has 1 aromatic carbocycles. The lowest BCUT2D eigenvalue weighted by atomic mass is 9.67. The molecule has 1 aromatic heterocycles. The number of thiazole rings is 1. The molecule has 5 heterocycles. The molecule has 1 N–H and O–H groups in total. The molecule has 3 fully saturated rings. The molecule has 0 amide bonds. The van der Waals surface area contributed by atoms with Crippen LogP contribution in [0.1, 0.15) is 55.5 Å². The highest BCUT2D eigenvalue weighted by Crippen LogP contribution is 2.51. The van der Waals surface area contributed by atoms with Crippen molar-refractivity contribution in [2.24, 2.45) is 5.92 Å². The van der Waals surface area contributed by atoms with E-state index in [0.29, 0.717) is 55.3 Å². The molecule has 254 valence electrons. The van der Waals surface area contributed by atoms with E-state index in [2.05, 4.69) is 32.0 Å². The maximum Gasteiger partial charge on any atom is 0.336 e. The summed E-state index contributed by atoms with van der Waals surface area (Å²) >= 11 is 15.2.